The Kier molecular flexibility index (Phi) is 7.48. The molecule has 1 N–H and O–H groups in total. The smallest absolute Gasteiger partial charge is 0.249 e. The van der Waals surface area contributed by atoms with Crippen LogP contribution in [0.4, 0.5) is 0 Å². The number of aliphatic hydroxyl groups is 1. The normalized spacial score (nSPS) is 31.7. The third-order valence-electron chi connectivity index (χ3n) is 9.27. The lowest BCUT2D eigenvalue weighted by Crippen LogP contribution is -2.60. The average molecular weight is 564 g/mol. The summed E-state index contributed by atoms with van der Waals surface area (Å²) in [7, 11) is 0. The number of β-amino-alcohol motifs (C(OH)–C–C–N with tert-alkyl or cyclic N) is 1. The van der Waals surface area contributed by atoms with Gasteiger partial charge in [-0.1, -0.05) is 82.3 Å². The van der Waals surface area contributed by atoms with Crippen LogP contribution in [0, 0.1) is 17.3 Å². The molecule has 8 heteroatoms. The van der Waals surface area contributed by atoms with Crippen LogP contribution in [0.25, 0.3) is 0 Å². The minimum absolute atomic E-state index is 0.00182. The van der Waals surface area contributed by atoms with E-state index >= 15 is 0 Å². The Balaban J connectivity index is 1.59. The van der Waals surface area contributed by atoms with Crippen molar-refractivity contribution >= 4 is 17.7 Å². The van der Waals surface area contributed by atoms with Crippen molar-refractivity contribution in [1.82, 2.24) is 14.7 Å². The fourth-order valence-electron chi connectivity index (χ4n) is 8.04. The maximum Gasteiger partial charge on any atom is 0.249 e. The van der Waals surface area contributed by atoms with E-state index in [4.69, 9.17) is 4.74 Å². The molecule has 0 bridgehead atoms. The van der Waals surface area contributed by atoms with Gasteiger partial charge in [-0.15, -0.1) is 0 Å². The van der Waals surface area contributed by atoms with Crippen LogP contribution in [0.5, 0.6) is 0 Å². The van der Waals surface area contributed by atoms with Crippen LogP contribution in [0.3, 0.4) is 0 Å². The standard InChI is InChI=1S/C33H45N3O5/c1-7-32-15-11-17-34(21-23-13-9-8-10-14-23)27(38)24(32)25-28(39)35(19-20-37)26-29(40)36(18-12-16-33(25,26)41-32)31(5,6)22-30(2,3)4/h8-16,24-26,37H,7,17-22H2,1-6H3/t24-,25+,26?,32+,33+/m1/s1. The maximum absolute atomic E-state index is 14.6. The topological polar surface area (TPSA) is 90.4 Å². The molecule has 0 aliphatic carbocycles. The molecular weight excluding hydrogens is 518 g/mol. The quantitative estimate of drug-likeness (QED) is 0.513. The molecule has 4 heterocycles. The molecule has 1 aromatic carbocycles. The number of carbonyl (C=O) groups excluding carboxylic acids is 3. The molecule has 4 aliphatic heterocycles. The molecule has 4 aliphatic rings. The van der Waals surface area contributed by atoms with E-state index in [1.807, 2.05) is 66.5 Å². The first-order valence-electron chi connectivity index (χ1n) is 14.9. The van der Waals surface area contributed by atoms with E-state index in [1.54, 1.807) is 4.90 Å². The molecule has 2 saturated heterocycles. The van der Waals surface area contributed by atoms with Crippen molar-refractivity contribution in [1.29, 1.82) is 0 Å². The zero-order valence-electron chi connectivity index (χ0n) is 25.3. The second-order valence-corrected chi connectivity index (χ2v) is 13.9. The molecule has 5 atom stereocenters. The highest BCUT2D eigenvalue weighted by molar-refractivity contribution is 6.00. The number of ether oxygens (including phenoxy) is 1. The van der Waals surface area contributed by atoms with Crippen LogP contribution < -0.4 is 0 Å². The third kappa shape index (κ3) is 4.83. The highest BCUT2D eigenvalue weighted by Gasteiger charge is 2.75. The number of fused-ring (bicyclic) bond motifs is 2. The predicted molar refractivity (Wildman–Crippen MR) is 156 cm³/mol. The predicted octanol–water partition coefficient (Wildman–Crippen LogP) is 3.55. The largest absolute Gasteiger partial charge is 0.395 e. The highest BCUT2D eigenvalue weighted by atomic mass is 16.5. The number of nitrogens with zero attached hydrogens (tertiary/aromatic N) is 3. The molecule has 41 heavy (non-hydrogen) atoms. The molecule has 1 spiro atoms. The average Bonchev–Trinajstić information content (AvgIpc) is 3.17. The van der Waals surface area contributed by atoms with Gasteiger partial charge in [0, 0.05) is 31.7 Å². The summed E-state index contributed by atoms with van der Waals surface area (Å²) in [6, 6.07) is 8.85. The van der Waals surface area contributed by atoms with Gasteiger partial charge in [0.25, 0.3) is 0 Å². The van der Waals surface area contributed by atoms with E-state index < -0.39 is 34.6 Å². The van der Waals surface area contributed by atoms with Crippen LogP contribution in [-0.2, 0) is 25.7 Å². The zero-order chi connectivity index (χ0) is 29.8. The Hall–Kier alpha value is -2.97. The number of likely N-dealkylation sites (tertiary alicyclic amines) is 1. The molecule has 0 saturated carbocycles. The minimum Gasteiger partial charge on any atom is -0.395 e. The zero-order valence-corrected chi connectivity index (χ0v) is 25.3. The lowest BCUT2D eigenvalue weighted by molar-refractivity contribution is -0.157. The van der Waals surface area contributed by atoms with E-state index in [0.717, 1.165) is 12.0 Å². The lowest BCUT2D eigenvalue weighted by atomic mass is 9.72. The van der Waals surface area contributed by atoms with E-state index in [1.165, 1.54) is 4.90 Å². The van der Waals surface area contributed by atoms with Gasteiger partial charge in [0.1, 0.15) is 11.6 Å². The Labute approximate surface area is 244 Å². The molecule has 8 nitrogen and oxygen atoms in total. The molecule has 3 amide bonds. The van der Waals surface area contributed by atoms with Gasteiger partial charge in [0.15, 0.2) is 0 Å². The van der Waals surface area contributed by atoms with Crippen LogP contribution in [-0.4, -0.2) is 86.6 Å². The molecular formula is C33H45N3O5. The van der Waals surface area contributed by atoms with Crippen molar-refractivity contribution < 1.29 is 24.2 Å². The van der Waals surface area contributed by atoms with Gasteiger partial charge in [0.05, 0.1) is 24.0 Å². The second-order valence-electron chi connectivity index (χ2n) is 13.9. The number of hydrogen-bond donors (Lipinski definition) is 1. The van der Waals surface area contributed by atoms with Gasteiger partial charge < -0.3 is 24.5 Å². The van der Waals surface area contributed by atoms with E-state index in [-0.39, 0.29) is 36.3 Å². The number of rotatable bonds is 7. The summed E-state index contributed by atoms with van der Waals surface area (Å²) in [5.74, 6) is -2.32. The fraction of sp³-hybridized carbons (Fsp3) is 0.606. The SMILES string of the molecule is CC[C@]12C=CCN(Cc3ccccc3)C(=O)[C@H]1[C@H]1C(=O)N(CCO)C3C(=O)N(C(C)(C)CC(C)(C)C)CC=C[C@@]31O2. The first kappa shape index (κ1) is 29.5. The van der Waals surface area contributed by atoms with Gasteiger partial charge in [-0.25, -0.2) is 0 Å². The first-order chi connectivity index (χ1) is 19.3. The lowest BCUT2D eigenvalue weighted by Gasteiger charge is -2.45. The summed E-state index contributed by atoms with van der Waals surface area (Å²) < 4.78 is 7.01. The Morgan fingerprint density at radius 3 is 2.24 bits per heavy atom. The van der Waals surface area contributed by atoms with E-state index in [9.17, 15) is 19.5 Å². The van der Waals surface area contributed by atoms with Crippen LogP contribution in [0.1, 0.15) is 59.9 Å². The van der Waals surface area contributed by atoms with E-state index in [0.29, 0.717) is 26.1 Å². The van der Waals surface area contributed by atoms with Crippen LogP contribution in [0.15, 0.2) is 54.6 Å². The summed E-state index contributed by atoms with van der Waals surface area (Å²) in [5, 5.41) is 10.00. The van der Waals surface area contributed by atoms with Crippen molar-refractivity contribution in [3.05, 3.63) is 60.2 Å². The Bertz CT molecular complexity index is 1250. The monoisotopic (exact) mass is 563 g/mol. The number of carbonyl (C=O) groups is 3. The van der Waals surface area contributed by atoms with Crippen LogP contribution in [0.2, 0.25) is 0 Å². The first-order valence-corrected chi connectivity index (χ1v) is 14.9. The van der Waals surface area contributed by atoms with E-state index in [2.05, 4.69) is 34.6 Å². The van der Waals surface area contributed by atoms with Gasteiger partial charge >= 0.3 is 0 Å². The summed E-state index contributed by atoms with van der Waals surface area (Å²) in [6.07, 6.45) is 8.99. The number of amides is 3. The third-order valence-corrected chi connectivity index (χ3v) is 9.27. The molecule has 222 valence electrons. The minimum atomic E-state index is -1.31. The van der Waals surface area contributed by atoms with Gasteiger partial charge in [-0.2, -0.15) is 0 Å². The molecule has 5 rings (SSSR count). The highest BCUT2D eigenvalue weighted by Crippen LogP contribution is 2.58. The summed E-state index contributed by atoms with van der Waals surface area (Å²) in [6.45, 7) is 13.5. The van der Waals surface area contributed by atoms with Crippen molar-refractivity contribution in [3.63, 3.8) is 0 Å². The Morgan fingerprint density at radius 2 is 1.61 bits per heavy atom. The number of benzene rings is 1. The molecule has 0 radical (unpaired) electrons. The van der Waals surface area contributed by atoms with Crippen LogP contribution >= 0.6 is 0 Å². The number of aliphatic hydroxyl groups excluding tert-OH is 1. The Morgan fingerprint density at radius 1 is 0.927 bits per heavy atom. The molecule has 0 aromatic heterocycles. The van der Waals surface area contributed by atoms with Gasteiger partial charge in [-0.3, -0.25) is 14.4 Å². The summed E-state index contributed by atoms with van der Waals surface area (Å²) >= 11 is 0. The molecule has 1 aromatic rings. The summed E-state index contributed by atoms with van der Waals surface area (Å²) in [4.78, 5) is 48.5. The summed E-state index contributed by atoms with van der Waals surface area (Å²) in [5.41, 5.74) is -1.85. The van der Waals surface area contributed by atoms with Gasteiger partial charge in [0.2, 0.25) is 17.7 Å². The second kappa shape index (κ2) is 10.4. The fourth-order valence-corrected chi connectivity index (χ4v) is 8.04. The van der Waals surface area contributed by atoms with Crippen molar-refractivity contribution in [2.45, 2.75) is 83.7 Å². The van der Waals surface area contributed by atoms with Gasteiger partial charge in [-0.05, 0) is 37.7 Å². The van der Waals surface area contributed by atoms with Crippen molar-refractivity contribution in [2.75, 3.05) is 26.2 Å². The molecule has 2 fully saturated rings. The van der Waals surface area contributed by atoms with Crippen molar-refractivity contribution in [3.8, 4) is 0 Å². The van der Waals surface area contributed by atoms with Crippen molar-refractivity contribution in [2.24, 2.45) is 17.3 Å². The maximum atomic E-state index is 14.6. The molecule has 1 unspecified atom stereocenters. The number of hydrogen-bond acceptors (Lipinski definition) is 5.